The van der Waals surface area contributed by atoms with Gasteiger partial charge in [0.1, 0.15) is 0 Å². The van der Waals surface area contributed by atoms with Gasteiger partial charge in [-0.25, -0.2) is 0 Å². The van der Waals surface area contributed by atoms with E-state index < -0.39 is 0 Å². The minimum atomic E-state index is -0.0321. The molecule has 0 N–H and O–H groups in total. The quantitative estimate of drug-likeness (QED) is 0.850. The highest BCUT2D eigenvalue weighted by Crippen LogP contribution is 2.19. The first kappa shape index (κ1) is 14.3. The number of hydrogen-bond donors (Lipinski definition) is 0. The molecule has 0 radical (unpaired) electrons. The van der Waals surface area contributed by atoms with E-state index in [4.69, 9.17) is 11.6 Å². The topological polar surface area (TPSA) is 36.4 Å². The monoisotopic (exact) mass is 281 g/mol. The van der Waals surface area contributed by atoms with Crippen LogP contribution < -0.4 is 0 Å². The van der Waals surface area contributed by atoms with Crippen molar-refractivity contribution in [2.24, 2.45) is 0 Å². The molecule has 1 aliphatic heterocycles. The zero-order valence-corrected chi connectivity index (χ0v) is 12.2. The van der Waals surface area contributed by atoms with E-state index in [1.807, 2.05) is 7.05 Å². The predicted molar refractivity (Wildman–Crippen MR) is 76.5 cm³/mol. The molecule has 1 aromatic heterocycles. The third-order valence-corrected chi connectivity index (χ3v) is 4.04. The Morgan fingerprint density at radius 2 is 2.42 bits per heavy atom. The summed E-state index contributed by atoms with van der Waals surface area (Å²) in [6, 6.07) is 2.15. The Bertz CT molecular complexity index is 452. The lowest BCUT2D eigenvalue weighted by atomic mass is 10.2. The van der Waals surface area contributed by atoms with Crippen LogP contribution in [0.5, 0.6) is 0 Å². The lowest BCUT2D eigenvalue weighted by Crippen LogP contribution is -2.41. The first-order valence-corrected chi connectivity index (χ1v) is 7.10. The number of likely N-dealkylation sites (N-methyl/N-ethyl adjacent to an activating group) is 2. The van der Waals surface area contributed by atoms with Crippen molar-refractivity contribution in [2.45, 2.75) is 25.8 Å². The summed E-state index contributed by atoms with van der Waals surface area (Å²) in [6.45, 7) is 5.10. The van der Waals surface area contributed by atoms with Gasteiger partial charge >= 0.3 is 0 Å². The van der Waals surface area contributed by atoms with Gasteiger partial charge in [0.15, 0.2) is 0 Å². The third kappa shape index (κ3) is 3.25. The number of hydrogen-bond acceptors (Lipinski definition) is 3. The minimum absolute atomic E-state index is 0.0321. The second-order valence-corrected chi connectivity index (χ2v) is 5.37. The van der Waals surface area contributed by atoms with Crippen molar-refractivity contribution >= 4 is 17.5 Å². The summed E-state index contributed by atoms with van der Waals surface area (Å²) in [4.78, 5) is 20.4. The van der Waals surface area contributed by atoms with Crippen molar-refractivity contribution in [2.75, 3.05) is 26.7 Å². The molecule has 4 nitrogen and oxygen atoms in total. The van der Waals surface area contributed by atoms with Crippen molar-refractivity contribution < 1.29 is 4.79 Å². The fraction of sp³-hybridized carbons (Fsp3) is 0.571. The molecule has 1 fully saturated rings. The molecule has 0 aliphatic carbocycles. The smallest absolute Gasteiger partial charge is 0.255 e. The van der Waals surface area contributed by atoms with Gasteiger partial charge in [0.25, 0.3) is 5.91 Å². The maximum atomic E-state index is 12.3. The molecule has 2 rings (SSSR count). The highest BCUT2D eigenvalue weighted by Gasteiger charge is 2.26. The van der Waals surface area contributed by atoms with Crippen LogP contribution in [0.25, 0.3) is 0 Å². The fourth-order valence-electron chi connectivity index (χ4n) is 2.67. The van der Waals surface area contributed by atoms with Crippen LogP contribution in [0.1, 0.15) is 30.1 Å². The Kier molecular flexibility index (Phi) is 4.77. The Labute approximate surface area is 119 Å². The number of carbonyl (C=O) groups is 1. The van der Waals surface area contributed by atoms with Crippen LogP contribution in [0.3, 0.4) is 0 Å². The SMILES string of the molecule is CCN1CCCC1CN(C)C(=O)c1ccncc1Cl. The molecule has 19 heavy (non-hydrogen) atoms. The summed E-state index contributed by atoms with van der Waals surface area (Å²) in [5, 5.41) is 0.415. The molecular formula is C14H20ClN3O. The van der Waals surface area contributed by atoms with E-state index in [0.717, 1.165) is 26.1 Å². The molecule has 0 aromatic carbocycles. The first-order chi connectivity index (χ1) is 9.13. The summed E-state index contributed by atoms with van der Waals surface area (Å²) in [5.74, 6) is -0.0321. The first-order valence-electron chi connectivity index (χ1n) is 6.72. The summed E-state index contributed by atoms with van der Waals surface area (Å²) < 4.78 is 0. The molecule has 1 unspecified atom stereocenters. The molecule has 0 bridgehead atoms. The maximum Gasteiger partial charge on any atom is 0.255 e. The normalized spacial score (nSPS) is 19.6. The summed E-state index contributed by atoms with van der Waals surface area (Å²) in [5.41, 5.74) is 0.528. The lowest BCUT2D eigenvalue weighted by molar-refractivity contribution is 0.0754. The molecule has 0 saturated carbocycles. The van der Waals surface area contributed by atoms with Crippen LogP contribution in [-0.4, -0.2) is 53.4 Å². The van der Waals surface area contributed by atoms with Crippen molar-refractivity contribution in [3.05, 3.63) is 29.0 Å². The Hall–Kier alpha value is -1.13. The van der Waals surface area contributed by atoms with Gasteiger partial charge in [-0.3, -0.25) is 14.7 Å². The second-order valence-electron chi connectivity index (χ2n) is 4.97. The Morgan fingerprint density at radius 3 is 3.11 bits per heavy atom. The molecule has 1 aliphatic rings. The summed E-state index contributed by atoms with van der Waals surface area (Å²) in [7, 11) is 1.84. The van der Waals surface area contributed by atoms with Gasteiger partial charge in [0.2, 0.25) is 0 Å². The molecule has 0 spiro atoms. The van der Waals surface area contributed by atoms with Crippen molar-refractivity contribution in [3.8, 4) is 0 Å². The number of pyridine rings is 1. The highest BCUT2D eigenvalue weighted by atomic mass is 35.5. The molecule has 1 aromatic rings. The van der Waals surface area contributed by atoms with Gasteiger partial charge in [-0.15, -0.1) is 0 Å². The highest BCUT2D eigenvalue weighted by molar-refractivity contribution is 6.33. The maximum absolute atomic E-state index is 12.3. The van der Waals surface area contributed by atoms with Crippen LogP contribution in [0, 0.1) is 0 Å². The van der Waals surface area contributed by atoms with Gasteiger partial charge in [0.05, 0.1) is 10.6 Å². The van der Waals surface area contributed by atoms with E-state index in [0.29, 0.717) is 16.6 Å². The van der Waals surface area contributed by atoms with Gasteiger partial charge in [0, 0.05) is 32.0 Å². The predicted octanol–water partition coefficient (Wildman–Crippen LogP) is 2.29. The number of rotatable bonds is 4. The van der Waals surface area contributed by atoms with E-state index in [1.165, 1.54) is 12.6 Å². The second kappa shape index (κ2) is 6.35. The molecule has 1 amide bonds. The minimum Gasteiger partial charge on any atom is -0.340 e. The Morgan fingerprint density at radius 1 is 1.63 bits per heavy atom. The van der Waals surface area contributed by atoms with Crippen molar-refractivity contribution in [1.82, 2.24) is 14.8 Å². The van der Waals surface area contributed by atoms with E-state index in [9.17, 15) is 4.79 Å². The average molecular weight is 282 g/mol. The Balaban J connectivity index is 2.02. The zero-order chi connectivity index (χ0) is 13.8. The zero-order valence-electron chi connectivity index (χ0n) is 11.5. The van der Waals surface area contributed by atoms with Crippen LogP contribution in [0.15, 0.2) is 18.5 Å². The average Bonchev–Trinajstić information content (AvgIpc) is 2.85. The van der Waals surface area contributed by atoms with Crippen LogP contribution in [-0.2, 0) is 0 Å². The van der Waals surface area contributed by atoms with Gasteiger partial charge in [-0.05, 0) is 32.0 Å². The summed E-state index contributed by atoms with van der Waals surface area (Å²) in [6.07, 6.45) is 5.49. The van der Waals surface area contributed by atoms with Crippen LogP contribution >= 0.6 is 11.6 Å². The number of carbonyl (C=O) groups excluding carboxylic acids is 1. The fourth-order valence-corrected chi connectivity index (χ4v) is 2.87. The van der Waals surface area contributed by atoms with E-state index in [2.05, 4.69) is 16.8 Å². The molecule has 5 heteroatoms. The third-order valence-electron chi connectivity index (χ3n) is 3.74. The standard InChI is InChI=1S/C14H20ClN3O/c1-3-18-8-4-5-11(18)10-17(2)14(19)12-6-7-16-9-13(12)15/h6-7,9,11H,3-5,8,10H2,1-2H3. The van der Waals surface area contributed by atoms with Gasteiger partial charge in [-0.1, -0.05) is 18.5 Å². The molecule has 1 saturated heterocycles. The largest absolute Gasteiger partial charge is 0.340 e. The van der Waals surface area contributed by atoms with Crippen molar-refractivity contribution in [1.29, 1.82) is 0 Å². The molecule has 104 valence electrons. The lowest BCUT2D eigenvalue weighted by Gasteiger charge is -2.28. The van der Waals surface area contributed by atoms with Crippen LogP contribution in [0.2, 0.25) is 5.02 Å². The molecule has 1 atom stereocenters. The number of nitrogens with zero attached hydrogens (tertiary/aromatic N) is 3. The van der Waals surface area contributed by atoms with E-state index in [-0.39, 0.29) is 5.91 Å². The molecular weight excluding hydrogens is 262 g/mol. The number of likely N-dealkylation sites (tertiary alicyclic amines) is 1. The summed E-state index contributed by atoms with van der Waals surface area (Å²) >= 11 is 6.02. The van der Waals surface area contributed by atoms with Crippen molar-refractivity contribution in [3.63, 3.8) is 0 Å². The van der Waals surface area contributed by atoms with Crippen LogP contribution in [0.4, 0.5) is 0 Å². The van der Waals surface area contributed by atoms with E-state index in [1.54, 1.807) is 17.2 Å². The van der Waals surface area contributed by atoms with E-state index >= 15 is 0 Å². The van der Waals surface area contributed by atoms with Gasteiger partial charge < -0.3 is 4.90 Å². The number of amides is 1. The molecule has 2 heterocycles. The number of halogens is 1. The van der Waals surface area contributed by atoms with Gasteiger partial charge in [-0.2, -0.15) is 0 Å². The number of aromatic nitrogens is 1.